The van der Waals surface area contributed by atoms with Crippen LogP contribution in [0.1, 0.15) is 38.4 Å². The second kappa shape index (κ2) is 4.67. The number of H-pyrrole nitrogens is 1. The molecule has 0 spiro atoms. The minimum atomic E-state index is 0.00455. The molecular weight excluding hydrogens is 222 g/mol. The van der Waals surface area contributed by atoms with Gasteiger partial charge in [0.05, 0.1) is 12.1 Å². The summed E-state index contributed by atoms with van der Waals surface area (Å²) in [7, 11) is 1.79. The van der Waals surface area contributed by atoms with E-state index in [-0.39, 0.29) is 5.60 Å². The molecule has 0 radical (unpaired) electrons. The van der Waals surface area contributed by atoms with Gasteiger partial charge in [0.15, 0.2) is 4.77 Å². The molecule has 4 nitrogen and oxygen atoms in total. The van der Waals surface area contributed by atoms with Gasteiger partial charge in [0, 0.05) is 13.5 Å². The van der Waals surface area contributed by atoms with Crippen molar-refractivity contribution in [3.05, 3.63) is 10.6 Å². The van der Waals surface area contributed by atoms with Crippen LogP contribution < -0.4 is 0 Å². The molecule has 0 atom stereocenters. The van der Waals surface area contributed by atoms with E-state index in [1.807, 2.05) is 0 Å². The van der Waals surface area contributed by atoms with Gasteiger partial charge in [-0.05, 0) is 37.9 Å². The molecule has 1 aliphatic rings. The lowest BCUT2D eigenvalue weighted by molar-refractivity contribution is -0.0842. The first kappa shape index (κ1) is 11.8. The molecular formula is C11H19N3OS. The summed E-state index contributed by atoms with van der Waals surface area (Å²) in [6, 6.07) is 0. The second-order valence-electron chi connectivity index (χ2n) is 4.52. The summed E-state index contributed by atoms with van der Waals surface area (Å²) in [5, 5.41) is 7.15. The van der Waals surface area contributed by atoms with Crippen LogP contribution in [0.3, 0.4) is 0 Å². The first-order chi connectivity index (χ1) is 7.71. The van der Waals surface area contributed by atoms with Crippen molar-refractivity contribution in [2.24, 2.45) is 0 Å². The zero-order valence-electron chi connectivity index (χ0n) is 9.95. The fraction of sp³-hybridized carbons (Fsp3) is 0.818. The molecule has 0 aromatic carbocycles. The second-order valence-corrected chi connectivity index (χ2v) is 4.91. The number of methoxy groups -OCH3 is 1. The number of hydrogen-bond donors (Lipinski definition) is 1. The van der Waals surface area contributed by atoms with E-state index in [1.165, 1.54) is 6.42 Å². The summed E-state index contributed by atoms with van der Waals surface area (Å²) < 4.78 is 8.44. The molecule has 5 heteroatoms. The van der Waals surface area contributed by atoms with Crippen molar-refractivity contribution in [2.45, 2.75) is 51.2 Å². The largest absolute Gasteiger partial charge is 0.376 e. The topological polar surface area (TPSA) is 42.8 Å². The summed E-state index contributed by atoms with van der Waals surface area (Å²) in [5.41, 5.74) is 0.00455. The standard InChI is InChI=1S/C11H19N3OS/c1-3-5-9-12-13-10(16)14(9)8-11(15-2)6-4-7-11/h3-8H2,1-2H3,(H,13,16). The SMILES string of the molecule is CCCc1n[nH]c(=S)n1CC1(OC)CCC1. The van der Waals surface area contributed by atoms with Gasteiger partial charge in [-0.2, -0.15) is 5.10 Å². The zero-order valence-corrected chi connectivity index (χ0v) is 10.8. The zero-order chi connectivity index (χ0) is 11.6. The molecule has 90 valence electrons. The predicted octanol–water partition coefficient (Wildman–Crippen LogP) is 2.46. The summed E-state index contributed by atoms with van der Waals surface area (Å²) >= 11 is 5.26. The molecule has 0 saturated heterocycles. The number of aromatic amines is 1. The van der Waals surface area contributed by atoms with E-state index >= 15 is 0 Å². The van der Waals surface area contributed by atoms with Crippen molar-refractivity contribution in [3.8, 4) is 0 Å². The minimum Gasteiger partial charge on any atom is -0.376 e. The maximum Gasteiger partial charge on any atom is 0.195 e. The minimum absolute atomic E-state index is 0.00455. The van der Waals surface area contributed by atoms with Crippen molar-refractivity contribution in [2.75, 3.05) is 7.11 Å². The molecule has 1 N–H and O–H groups in total. The smallest absolute Gasteiger partial charge is 0.195 e. The fourth-order valence-corrected chi connectivity index (χ4v) is 2.43. The average Bonchev–Trinajstić information content (AvgIpc) is 2.55. The fourth-order valence-electron chi connectivity index (χ4n) is 2.21. The van der Waals surface area contributed by atoms with Crippen LogP contribution in [0.25, 0.3) is 0 Å². The van der Waals surface area contributed by atoms with Crippen LogP contribution in [0, 0.1) is 4.77 Å². The summed E-state index contributed by atoms with van der Waals surface area (Å²) in [4.78, 5) is 0. The van der Waals surface area contributed by atoms with Gasteiger partial charge in [0.1, 0.15) is 5.82 Å². The van der Waals surface area contributed by atoms with E-state index in [4.69, 9.17) is 17.0 Å². The number of nitrogens with one attached hydrogen (secondary N) is 1. The summed E-state index contributed by atoms with van der Waals surface area (Å²) in [5.74, 6) is 1.05. The van der Waals surface area contributed by atoms with Gasteiger partial charge in [-0.15, -0.1) is 0 Å². The van der Waals surface area contributed by atoms with Crippen molar-refractivity contribution in [1.29, 1.82) is 0 Å². The van der Waals surface area contributed by atoms with E-state index in [0.29, 0.717) is 4.77 Å². The molecule has 0 aliphatic heterocycles. The van der Waals surface area contributed by atoms with Gasteiger partial charge in [-0.1, -0.05) is 6.92 Å². The first-order valence-electron chi connectivity index (χ1n) is 5.90. The number of nitrogens with zero attached hydrogens (tertiary/aromatic N) is 2. The Morgan fingerprint density at radius 1 is 1.56 bits per heavy atom. The molecule has 1 aliphatic carbocycles. The molecule has 1 saturated carbocycles. The highest BCUT2D eigenvalue weighted by atomic mass is 32.1. The predicted molar refractivity (Wildman–Crippen MR) is 65.0 cm³/mol. The van der Waals surface area contributed by atoms with Crippen molar-refractivity contribution < 1.29 is 4.74 Å². The Morgan fingerprint density at radius 3 is 2.81 bits per heavy atom. The molecule has 1 fully saturated rings. The third-order valence-corrected chi connectivity index (χ3v) is 3.77. The van der Waals surface area contributed by atoms with Gasteiger partial charge in [0.2, 0.25) is 0 Å². The maximum absolute atomic E-state index is 5.63. The summed E-state index contributed by atoms with van der Waals surface area (Å²) in [6.07, 6.45) is 5.55. The normalized spacial score (nSPS) is 18.4. The highest BCUT2D eigenvalue weighted by molar-refractivity contribution is 7.71. The molecule has 0 bridgehead atoms. The Kier molecular flexibility index (Phi) is 3.44. The third-order valence-electron chi connectivity index (χ3n) is 3.45. The van der Waals surface area contributed by atoms with Crippen LogP contribution in [-0.4, -0.2) is 27.5 Å². The third kappa shape index (κ3) is 2.06. The molecule has 16 heavy (non-hydrogen) atoms. The summed E-state index contributed by atoms with van der Waals surface area (Å²) in [6.45, 7) is 2.99. The van der Waals surface area contributed by atoms with Gasteiger partial charge in [-0.3, -0.25) is 5.10 Å². The number of hydrogen-bond acceptors (Lipinski definition) is 3. The van der Waals surface area contributed by atoms with Crippen molar-refractivity contribution in [3.63, 3.8) is 0 Å². The van der Waals surface area contributed by atoms with Gasteiger partial charge < -0.3 is 9.30 Å². The highest BCUT2D eigenvalue weighted by Gasteiger charge is 2.38. The first-order valence-corrected chi connectivity index (χ1v) is 6.31. The monoisotopic (exact) mass is 241 g/mol. The number of rotatable bonds is 5. The van der Waals surface area contributed by atoms with Gasteiger partial charge >= 0.3 is 0 Å². The van der Waals surface area contributed by atoms with Gasteiger partial charge in [0.25, 0.3) is 0 Å². The molecule has 1 aromatic heterocycles. The van der Waals surface area contributed by atoms with Crippen LogP contribution in [0.2, 0.25) is 0 Å². The van der Waals surface area contributed by atoms with E-state index in [1.54, 1.807) is 7.11 Å². The molecule has 1 heterocycles. The van der Waals surface area contributed by atoms with Crippen LogP contribution in [-0.2, 0) is 17.7 Å². The molecule has 1 aromatic rings. The lowest BCUT2D eigenvalue weighted by atomic mass is 9.80. The van der Waals surface area contributed by atoms with Crippen LogP contribution in [0.4, 0.5) is 0 Å². The van der Waals surface area contributed by atoms with E-state index in [0.717, 1.165) is 38.1 Å². The Morgan fingerprint density at radius 2 is 2.31 bits per heavy atom. The molecule has 0 unspecified atom stereocenters. The van der Waals surface area contributed by atoms with E-state index < -0.39 is 0 Å². The molecule has 0 amide bonds. The number of aryl methyl sites for hydroxylation is 1. The van der Waals surface area contributed by atoms with Crippen molar-refractivity contribution in [1.82, 2.24) is 14.8 Å². The Labute approximate surface area is 101 Å². The van der Waals surface area contributed by atoms with Gasteiger partial charge in [-0.25, -0.2) is 0 Å². The van der Waals surface area contributed by atoms with E-state index in [2.05, 4.69) is 21.7 Å². The quantitative estimate of drug-likeness (QED) is 0.805. The van der Waals surface area contributed by atoms with Crippen molar-refractivity contribution >= 4 is 12.2 Å². The Balaban J connectivity index is 2.19. The Hall–Kier alpha value is -0.680. The lowest BCUT2D eigenvalue weighted by Gasteiger charge is -2.40. The number of aromatic nitrogens is 3. The molecule has 2 rings (SSSR count). The van der Waals surface area contributed by atoms with Crippen LogP contribution in [0.15, 0.2) is 0 Å². The van der Waals surface area contributed by atoms with Crippen LogP contribution >= 0.6 is 12.2 Å². The van der Waals surface area contributed by atoms with E-state index in [9.17, 15) is 0 Å². The lowest BCUT2D eigenvalue weighted by Crippen LogP contribution is -2.43. The Bertz CT molecular complexity index is 400. The van der Waals surface area contributed by atoms with Crippen LogP contribution in [0.5, 0.6) is 0 Å². The number of ether oxygens (including phenoxy) is 1. The maximum atomic E-state index is 5.63. The highest BCUT2D eigenvalue weighted by Crippen LogP contribution is 2.36. The average molecular weight is 241 g/mol.